The number of piperidine rings is 1. The largest absolute Gasteiger partial charge is 0.352 e. The summed E-state index contributed by atoms with van der Waals surface area (Å²) in [6.45, 7) is 2.88. The highest BCUT2D eigenvalue weighted by Crippen LogP contribution is 2.16. The molecular formula is C17H20N2O. The Balaban J connectivity index is 1.65. The first-order chi connectivity index (χ1) is 9.83. The Bertz CT molecular complexity index is 603. The number of carbonyl (C=O) groups excluding carboxylic acids is 1. The van der Waals surface area contributed by atoms with Crippen molar-refractivity contribution in [3.8, 4) is 0 Å². The lowest BCUT2D eigenvalue weighted by Crippen LogP contribution is -2.38. The molecular weight excluding hydrogens is 248 g/mol. The van der Waals surface area contributed by atoms with Crippen molar-refractivity contribution in [1.82, 2.24) is 10.6 Å². The Morgan fingerprint density at radius 2 is 2.05 bits per heavy atom. The zero-order valence-electron chi connectivity index (χ0n) is 11.6. The van der Waals surface area contributed by atoms with E-state index in [0.29, 0.717) is 5.92 Å². The van der Waals surface area contributed by atoms with E-state index in [1.807, 2.05) is 36.4 Å². The Labute approximate surface area is 119 Å². The molecule has 1 unspecified atom stereocenters. The molecule has 104 valence electrons. The molecule has 2 aromatic rings. The average molecular weight is 268 g/mol. The fourth-order valence-corrected chi connectivity index (χ4v) is 2.77. The molecule has 1 atom stereocenters. The molecule has 1 fully saturated rings. The van der Waals surface area contributed by atoms with Gasteiger partial charge in [-0.15, -0.1) is 0 Å². The average Bonchev–Trinajstić information content (AvgIpc) is 2.53. The van der Waals surface area contributed by atoms with Gasteiger partial charge in [0.2, 0.25) is 0 Å². The minimum Gasteiger partial charge on any atom is -0.352 e. The van der Waals surface area contributed by atoms with Crippen LogP contribution in [-0.4, -0.2) is 25.5 Å². The molecule has 0 aliphatic carbocycles. The molecule has 0 radical (unpaired) electrons. The third-order valence-corrected chi connectivity index (χ3v) is 3.96. The summed E-state index contributed by atoms with van der Waals surface area (Å²) in [6.07, 6.45) is 2.40. The molecule has 3 rings (SSSR count). The van der Waals surface area contributed by atoms with E-state index < -0.39 is 0 Å². The number of hydrogen-bond acceptors (Lipinski definition) is 2. The molecule has 3 heteroatoms. The third-order valence-electron chi connectivity index (χ3n) is 3.96. The fraction of sp³-hybridized carbons (Fsp3) is 0.353. The number of amides is 1. The van der Waals surface area contributed by atoms with Gasteiger partial charge in [0, 0.05) is 12.1 Å². The van der Waals surface area contributed by atoms with Crippen molar-refractivity contribution in [2.75, 3.05) is 19.6 Å². The monoisotopic (exact) mass is 268 g/mol. The lowest BCUT2D eigenvalue weighted by Gasteiger charge is -2.22. The van der Waals surface area contributed by atoms with Gasteiger partial charge in [0.15, 0.2) is 0 Å². The quantitative estimate of drug-likeness (QED) is 0.898. The number of fused-ring (bicyclic) bond motifs is 1. The van der Waals surface area contributed by atoms with Crippen molar-refractivity contribution in [3.05, 3.63) is 48.0 Å². The van der Waals surface area contributed by atoms with E-state index in [1.165, 1.54) is 18.2 Å². The number of nitrogens with one attached hydrogen (secondary N) is 2. The van der Waals surface area contributed by atoms with E-state index >= 15 is 0 Å². The van der Waals surface area contributed by atoms with E-state index in [0.717, 1.165) is 30.6 Å². The highest BCUT2D eigenvalue weighted by molar-refractivity contribution is 5.98. The Hall–Kier alpha value is -1.87. The van der Waals surface area contributed by atoms with Crippen molar-refractivity contribution in [3.63, 3.8) is 0 Å². The summed E-state index contributed by atoms with van der Waals surface area (Å²) >= 11 is 0. The van der Waals surface area contributed by atoms with Gasteiger partial charge in [0.05, 0.1) is 0 Å². The van der Waals surface area contributed by atoms with Crippen molar-refractivity contribution in [2.24, 2.45) is 5.92 Å². The van der Waals surface area contributed by atoms with Gasteiger partial charge >= 0.3 is 0 Å². The second-order valence-electron chi connectivity index (χ2n) is 5.48. The van der Waals surface area contributed by atoms with Gasteiger partial charge in [0.1, 0.15) is 0 Å². The van der Waals surface area contributed by atoms with Crippen molar-refractivity contribution < 1.29 is 4.79 Å². The highest BCUT2D eigenvalue weighted by Gasteiger charge is 2.14. The van der Waals surface area contributed by atoms with Crippen molar-refractivity contribution >= 4 is 16.7 Å². The maximum Gasteiger partial charge on any atom is 0.251 e. The zero-order chi connectivity index (χ0) is 13.8. The van der Waals surface area contributed by atoms with Crippen molar-refractivity contribution in [2.45, 2.75) is 12.8 Å². The maximum atomic E-state index is 12.2. The standard InChI is InChI=1S/C17H20N2O/c20-17(19-12-13-4-3-9-18-11-13)16-8-7-14-5-1-2-6-15(14)10-16/h1-2,5-8,10,13,18H,3-4,9,11-12H2,(H,19,20). The molecule has 1 amide bonds. The van der Waals surface area contributed by atoms with Crippen molar-refractivity contribution in [1.29, 1.82) is 0 Å². The Morgan fingerprint density at radius 1 is 1.20 bits per heavy atom. The first kappa shape index (κ1) is 13.1. The predicted molar refractivity (Wildman–Crippen MR) is 81.9 cm³/mol. The maximum absolute atomic E-state index is 12.2. The van der Waals surface area contributed by atoms with Crippen LogP contribution in [0.1, 0.15) is 23.2 Å². The minimum absolute atomic E-state index is 0.0290. The van der Waals surface area contributed by atoms with Crippen LogP contribution >= 0.6 is 0 Å². The van der Waals surface area contributed by atoms with Crippen LogP contribution in [0, 0.1) is 5.92 Å². The molecule has 0 spiro atoms. The normalized spacial score (nSPS) is 18.9. The van der Waals surface area contributed by atoms with Crippen LogP contribution < -0.4 is 10.6 Å². The molecule has 1 saturated heterocycles. The lowest BCUT2D eigenvalue weighted by molar-refractivity contribution is 0.0945. The molecule has 1 aliphatic heterocycles. The second-order valence-corrected chi connectivity index (χ2v) is 5.48. The van der Waals surface area contributed by atoms with Gasteiger partial charge in [-0.25, -0.2) is 0 Å². The van der Waals surface area contributed by atoms with E-state index in [2.05, 4.69) is 16.7 Å². The topological polar surface area (TPSA) is 41.1 Å². The summed E-state index contributed by atoms with van der Waals surface area (Å²) in [4.78, 5) is 12.2. The summed E-state index contributed by atoms with van der Waals surface area (Å²) in [5, 5.41) is 8.70. The van der Waals surface area contributed by atoms with E-state index in [-0.39, 0.29) is 5.91 Å². The van der Waals surface area contributed by atoms with Gasteiger partial charge < -0.3 is 10.6 Å². The van der Waals surface area contributed by atoms with Gasteiger partial charge in [-0.05, 0) is 54.8 Å². The zero-order valence-corrected chi connectivity index (χ0v) is 11.6. The van der Waals surface area contributed by atoms with Crippen LogP contribution in [0.2, 0.25) is 0 Å². The fourth-order valence-electron chi connectivity index (χ4n) is 2.77. The molecule has 20 heavy (non-hydrogen) atoms. The smallest absolute Gasteiger partial charge is 0.251 e. The number of hydrogen-bond donors (Lipinski definition) is 2. The minimum atomic E-state index is 0.0290. The van der Waals surface area contributed by atoms with Gasteiger partial charge in [-0.3, -0.25) is 4.79 Å². The second kappa shape index (κ2) is 6.06. The van der Waals surface area contributed by atoms with E-state index in [1.54, 1.807) is 0 Å². The van der Waals surface area contributed by atoms with Gasteiger partial charge in [-0.2, -0.15) is 0 Å². The number of benzene rings is 2. The van der Waals surface area contributed by atoms with Gasteiger partial charge in [-0.1, -0.05) is 30.3 Å². The molecule has 2 N–H and O–H groups in total. The highest BCUT2D eigenvalue weighted by atomic mass is 16.1. The van der Waals surface area contributed by atoms with Gasteiger partial charge in [0.25, 0.3) is 5.91 Å². The molecule has 0 aromatic heterocycles. The molecule has 1 aliphatic rings. The van der Waals surface area contributed by atoms with Crippen LogP contribution in [0.4, 0.5) is 0 Å². The summed E-state index contributed by atoms with van der Waals surface area (Å²) in [6, 6.07) is 14.0. The molecule has 2 aromatic carbocycles. The molecule has 0 bridgehead atoms. The van der Waals surface area contributed by atoms with Crippen LogP contribution in [0.25, 0.3) is 10.8 Å². The first-order valence-corrected chi connectivity index (χ1v) is 7.30. The Kier molecular flexibility index (Phi) is 3.97. The summed E-state index contributed by atoms with van der Waals surface area (Å²) in [7, 11) is 0. The number of carbonyl (C=O) groups is 1. The van der Waals surface area contributed by atoms with E-state index in [9.17, 15) is 4.79 Å². The third kappa shape index (κ3) is 2.99. The lowest BCUT2D eigenvalue weighted by atomic mass is 9.99. The summed E-state index contributed by atoms with van der Waals surface area (Å²) in [5.41, 5.74) is 0.743. The summed E-state index contributed by atoms with van der Waals surface area (Å²) in [5.74, 6) is 0.592. The predicted octanol–water partition coefficient (Wildman–Crippen LogP) is 2.57. The Morgan fingerprint density at radius 3 is 2.85 bits per heavy atom. The van der Waals surface area contributed by atoms with E-state index in [4.69, 9.17) is 0 Å². The van der Waals surface area contributed by atoms with Crippen LogP contribution in [0.5, 0.6) is 0 Å². The first-order valence-electron chi connectivity index (χ1n) is 7.30. The molecule has 0 saturated carbocycles. The van der Waals surface area contributed by atoms with Crippen LogP contribution in [0.15, 0.2) is 42.5 Å². The summed E-state index contributed by atoms with van der Waals surface area (Å²) < 4.78 is 0. The van der Waals surface area contributed by atoms with Crippen LogP contribution in [0.3, 0.4) is 0 Å². The SMILES string of the molecule is O=C(NCC1CCCNC1)c1ccc2ccccc2c1. The molecule has 3 nitrogen and oxygen atoms in total. The van der Waals surface area contributed by atoms with Crippen LogP contribution in [-0.2, 0) is 0 Å². The molecule has 1 heterocycles. The number of rotatable bonds is 3.